The van der Waals surface area contributed by atoms with E-state index in [1.165, 1.54) is 4.90 Å². The first kappa shape index (κ1) is 35.3. The van der Waals surface area contributed by atoms with Crippen LogP contribution in [0.3, 0.4) is 0 Å². The minimum Gasteiger partial charge on any atom is -0.492 e. The Morgan fingerprint density at radius 2 is 1.35 bits per heavy atom. The van der Waals surface area contributed by atoms with Crippen LogP contribution in [-0.2, 0) is 21.5 Å². The van der Waals surface area contributed by atoms with Crippen LogP contribution < -0.4 is 4.74 Å². The average Bonchev–Trinajstić information content (AvgIpc) is 3.44. The Kier molecular flexibility index (Phi) is 10.8. The lowest BCUT2D eigenvalue weighted by Gasteiger charge is -2.42. The van der Waals surface area contributed by atoms with Gasteiger partial charge in [-0.05, 0) is 71.5 Å². The molecule has 2 aliphatic heterocycles. The fourth-order valence-electron chi connectivity index (χ4n) is 7.11. The standard InChI is InChI=1S/C42H38Cl2N2O4S/c1-29(45-21-22-49-38(27-45)31-24-35(43)26-36(44)25-31)28-50-37-19-17-30(18-20-37)23-39-40(47)46(41(48)51-39)42(32-11-5-2-6-12-32,33-13-7-3-8-14-33)34-15-9-4-10-16-34/h2-20,24-26,29,38-39H,21-23,27-28H2,1H3. The predicted molar refractivity (Wildman–Crippen MR) is 205 cm³/mol. The first-order valence-electron chi connectivity index (χ1n) is 17.1. The van der Waals surface area contributed by atoms with Gasteiger partial charge in [0.15, 0.2) is 0 Å². The molecule has 2 saturated heterocycles. The first-order chi connectivity index (χ1) is 24.8. The molecule has 0 aliphatic carbocycles. The fraction of sp³-hybridized carbons (Fsp3) is 0.238. The maximum Gasteiger partial charge on any atom is 0.290 e. The molecular weight excluding hydrogens is 699 g/mol. The summed E-state index contributed by atoms with van der Waals surface area (Å²) in [5.41, 5.74) is 3.34. The molecule has 0 aromatic heterocycles. The van der Waals surface area contributed by atoms with E-state index < -0.39 is 10.8 Å². The fourth-order valence-corrected chi connectivity index (χ4v) is 8.71. The van der Waals surface area contributed by atoms with Crippen molar-refractivity contribution in [3.63, 3.8) is 0 Å². The van der Waals surface area contributed by atoms with Crippen LogP contribution >= 0.6 is 35.0 Å². The number of hydrogen-bond donors (Lipinski definition) is 0. The number of rotatable bonds is 11. The van der Waals surface area contributed by atoms with Crippen molar-refractivity contribution in [3.8, 4) is 5.75 Å². The Morgan fingerprint density at radius 1 is 0.804 bits per heavy atom. The minimum atomic E-state index is -1.13. The molecule has 0 radical (unpaired) electrons. The molecule has 6 nitrogen and oxygen atoms in total. The second-order valence-corrected chi connectivity index (χ2v) is 14.9. The van der Waals surface area contributed by atoms with Crippen LogP contribution in [0, 0.1) is 0 Å². The number of carbonyl (C=O) groups is 2. The van der Waals surface area contributed by atoms with Crippen molar-refractivity contribution >= 4 is 46.1 Å². The molecule has 5 aromatic carbocycles. The third-order valence-electron chi connectivity index (χ3n) is 9.65. The van der Waals surface area contributed by atoms with Gasteiger partial charge in [-0.2, -0.15) is 0 Å². The van der Waals surface area contributed by atoms with Crippen LogP contribution in [0.1, 0.15) is 40.8 Å². The highest BCUT2D eigenvalue weighted by Gasteiger charge is 2.54. The first-order valence-corrected chi connectivity index (χ1v) is 18.7. The normalized spacial score (nSPS) is 18.9. The number of morpholine rings is 1. The van der Waals surface area contributed by atoms with Crippen LogP contribution in [0.4, 0.5) is 4.79 Å². The Balaban J connectivity index is 1.05. The second-order valence-electron chi connectivity index (χ2n) is 12.9. The summed E-state index contributed by atoms with van der Waals surface area (Å²) in [6.45, 7) is 4.77. The average molecular weight is 738 g/mol. The van der Waals surface area contributed by atoms with E-state index in [1.54, 1.807) is 6.07 Å². The third-order valence-corrected chi connectivity index (χ3v) is 11.1. The highest BCUT2D eigenvalue weighted by atomic mass is 35.5. The Bertz CT molecular complexity index is 1850. The number of carbonyl (C=O) groups excluding carboxylic acids is 2. The van der Waals surface area contributed by atoms with Gasteiger partial charge in [-0.3, -0.25) is 19.4 Å². The number of imide groups is 1. The lowest BCUT2D eigenvalue weighted by atomic mass is 9.75. The van der Waals surface area contributed by atoms with Gasteiger partial charge in [-0.1, -0.05) is 138 Å². The summed E-state index contributed by atoms with van der Waals surface area (Å²) in [7, 11) is 0. The van der Waals surface area contributed by atoms with Gasteiger partial charge in [-0.15, -0.1) is 0 Å². The molecule has 2 amide bonds. The molecule has 0 spiro atoms. The molecule has 0 saturated carbocycles. The highest BCUT2D eigenvalue weighted by Crippen LogP contribution is 2.48. The Labute approximate surface area is 313 Å². The van der Waals surface area contributed by atoms with E-state index in [9.17, 15) is 9.59 Å². The van der Waals surface area contributed by atoms with E-state index in [0.717, 1.165) is 51.9 Å². The SMILES string of the molecule is CC(COc1ccc(CC2SC(=O)N(C(c3ccccc3)(c3ccccc3)c3ccccc3)C2=O)cc1)N1CCOC(c2cc(Cl)cc(Cl)c2)C1. The molecule has 3 atom stereocenters. The summed E-state index contributed by atoms with van der Waals surface area (Å²) >= 11 is 13.6. The molecule has 2 fully saturated rings. The van der Waals surface area contributed by atoms with E-state index in [-0.39, 0.29) is 23.3 Å². The summed E-state index contributed by atoms with van der Waals surface area (Å²) in [6.07, 6.45) is 0.299. The van der Waals surface area contributed by atoms with Gasteiger partial charge in [0.2, 0.25) is 5.91 Å². The molecule has 2 heterocycles. The van der Waals surface area contributed by atoms with E-state index in [1.807, 2.05) is 127 Å². The van der Waals surface area contributed by atoms with Crippen LogP contribution in [0.5, 0.6) is 5.75 Å². The quantitative estimate of drug-likeness (QED) is 0.126. The number of ether oxygens (including phenoxy) is 2. The smallest absolute Gasteiger partial charge is 0.290 e. The van der Waals surface area contributed by atoms with Gasteiger partial charge in [-0.25, -0.2) is 0 Å². The molecule has 2 aliphatic rings. The van der Waals surface area contributed by atoms with Gasteiger partial charge >= 0.3 is 0 Å². The molecule has 0 N–H and O–H groups in total. The van der Waals surface area contributed by atoms with Crippen molar-refractivity contribution in [2.45, 2.75) is 36.3 Å². The zero-order valence-corrected chi connectivity index (χ0v) is 30.5. The molecule has 5 aromatic rings. The topological polar surface area (TPSA) is 59.1 Å². The van der Waals surface area contributed by atoms with Gasteiger partial charge in [0.25, 0.3) is 5.24 Å². The Hall–Kier alpha value is -4.11. The van der Waals surface area contributed by atoms with Crippen molar-refractivity contribution in [2.24, 2.45) is 0 Å². The van der Waals surface area contributed by atoms with E-state index in [2.05, 4.69) is 11.8 Å². The molecule has 3 unspecified atom stereocenters. The molecule has 9 heteroatoms. The largest absolute Gasteiger partial charge is 0.492 e. The summed E-state index contributed by atoms with van der Waals surface area (Å²) < 4.78 is 12.3. The van der Waals surface area contributed by atoms with Gasteiger partial charge in [0, 0.05) is 29.2 Å². The van der Waals surface area contributed by atoms with E-state index in [4.69, 9.17) is 32.7 Å². The zero-order valence-electron chi connectivity index (χ0n) is 28.2. The van der Waals surface area contributed by atoms with Gasteiger partial charge < -0.3 is 9.47 Å². The number of halogens is 2. The monoisotopic (exact) mass is 736 g/mol. The van der Waals surface area contributed by atoms with Crippen LogP contribution in [0.15, 0.2) is 133 Å². The highest BCUT2D eigenvalue weighted by molar-refractivity contribution is 8.15. The number of thioether (sulfide) groups is 1. The third kappa shape index (κ3) is 7.46. The van der Waals surface area contributed by atoms with Gasteiger partial charge in [0.1, 0.15) is 17.9 Å². The summed E-state index contributed by atoms with van der Waals surface area (Å²) in [6, 6.07) is 43.0. The van der Waals surface area contributed by atoms with E-state index in [0.29, 0.717) is 36.2 Å². The van der Waals surface area contributed by atoms with Crippen LogP contribution in [0.2, 0.25) is 10.0 Å². The number of benzene rings is 5. The molecular formula is C42H38Cl2N2O4S. The molecule has 0 bridgehead atoms. The number of nitrogens with zero attached hydrogens (tertiary/aromatic N) is 2. The van der Waals surface area contributed by atoms with Gasteiger partial charge in [0.05, 0.1) is 18.0 Å². The predicted octanol–water partition coefficient (Wildman–Crippen LogP) is 9.43. The molecule has 51 heavy (non-hydrogen) atoms. The second kappa shape index (κ2) is 15.6. The summed E-state index contributed by atoms with van der Waals surface area (Å²) in [5, 5.41) is 0.359. The van der Waals surface area contributed by atoms with Crippen molar-refractivity contribution < 1.29 is 19.1 Å². The van der Waals surface area contributed by atoms with Crippen molar-refractivity contribution in [2.75, 3.05) is 26.3 Å². The van der Waals surface area contributed by atoms with Crippen molar-refractivity contribution in [1.82, 2.24) is 9.80 Å². The van der Waals surface area contributed by atoms with Crippen LogP contribution in [-0.4, -0.2) is 58.5 Å². The lowest BCUT2D eigenvalue weighted by molar-refractivity contribution is -0.129. The zero-order chi connectivity index (χ0) is 35.4. The number of hydrogen-bond acceptors (Lipinski definition) is 6. The van der Waals surface area contributed by atoms with Crippen molar-refractivity contribution in [3.05, 3.63) is 171 Å². The lowest BCUT2D eigenvalue weighted by Crippen LogP contribution is -2.51. The maximum absolute atomic E-state index is 14.5. The number of amides is 2. The molecule has 260 valence electrons. The Morgan fingerprint density at radius 3 is 1.90 bits per heavy atom. The maximum atomic E-state index is 14.5. The van der Waals surface area contributed by atoms with Crippen molar-refractivity contribution in [1.29, 1.82) is 0 Å². The summed E-state index contributed by atoms with van der Waals surface area (Å²) in [5.74, 6) is 0.538. The summed E-state index contributed by atoms with van der Waals surface area (Å²) in [4.78, 5) is 32.3. The minimum absolute atomic E-state index is 0.117. The van der Waals surface area contributed by atoms with Crippen LogP contribution in [0.25, 0.3) is 0 Å². The van der Waals surface area contributed by atoms with E-state index >= 15 is 0 Å². The molecule has 7 rings (SSSR count).